The van der Waals surface area contributed by atoms with E-state index in [1.165, 1.54) is 23.5 Å². The second-order valence-corrected chi connectivity index (χ2v) is 9.98. The summed E-state index contributed by atoms with van der Waals surface area (Å²) in [6.45, 7) is 3.22. The number of aliphatic hydroxyl groups excluding tert-OH is 1. The number of anilines is 1. The minimum absolute atomic E-state index is 0.00475. The molecule has 3 rings (SSSR count). The number of methoxy groups -OCH3 is 1. The van der Waals surface area contributed by atoms with Crippen LogP contribution in [-0.2, 0) is 14.8 Å². The summed E-state index contributed by atoms with van der Waals surface area (Å²) in [7, 11) is -2.49. The lowest BCUT2D eigenvalue weighted by Crippen LogP contribution is -2.50. The molecular weight excluding hydrogens is 493 g/mol. The van der Waals surface area contributed by atoms with E-state index in [0.29, 0.717) is 31.7 Å². The summed E-state index contributed by atoms with van der Waals surface area (Å²) in [5, 5.41) is 28.3. The van der Waals surface area contributed by atoms with Gasteiger partial charge in [0.25, 0.3) is 5.97 Å². The Hall–Kier alpha value is -3.26. The maximum atomic E-state index is 13.9. The molecule has 2 aromatic rings. The molecule has 1 fully saturated rings. The molecule has 198 valence electrons. The number of carboxylic acid groups (broad SMARTS) is 1. The number of rotatable bonds is 9. The zero-order valence-corrected chi connectivity index (χ0v) is 21.0. The van der Waals surface area contributed by atoms with Crippen molar-refractivity contribution in [2.45, 2.75) is 17.9 Å². The number of amidine groups is 1. The summed E-state index contributed by atoms with van der Waals surface area (Å²) in [5.74, 6) is -1.57. The smallest absolute Gasteiger partial charge is 0.300 e. The number of halogens is 1. The molecule has 0 aliphatic carbocycles. The second kappa shape index (κ2) is 13.2. The van der Waals surface area contributed by atoms with Gasteiger partial charge in [0.1, 0.15) is 5.84 Å². The lowest BCUT2D eigenvalue weighted by molar-refractivity contribution is -0.134. The number of aliphatic hydroxyl groups is 1. The standard InChI is InChI=1S/C21H28FN5O4S.C2H4O2/c1-31-20-7-6-18(12-19(20)22)32(29,30)27-10-8-26(9-11-27)14-17(28)13-25-16-4-2-15(3-5-16)21(23)24;1-2(3)4/h2-7,12,17,25,28H,8-11,13-14H2,1H3,(H3,23,24);1H3,(H,3,4). The van der Waals surface area contributed by atoms with Crippen molar-refractivity contribution in [3.8, 4) is 5.75 Å². The zero-order chi connectivity index (χ0) is 26.9. The van der Waals surface area contributed by atoms with Crippen molar-refractivity contribution in [2.75, 3.05) is 51.7 Å². The van der Waals surface area contributed by atoms with Crippen molar-refractivity contribution in [3.05, 3.63) is 53.8 Å². The van der Waals surface area contributed by atoms with Crippen LogP contribution in [0.15, 0.2) is 47.4 Å². The first-order valence-corrected chi connectivity index (χ1v) is 12.5. The summed E-state index contributed by atoms with van der Waals surface area (Å²) in [4.78, 5) is 10.9. The molecule has 1 heterocycles. The van der Waals surface area contributed by atoms with E-state index in [1.54, 1.807) is 24.3 Å². The number of aliphatic carboxylic acids is 1. The molecule has 1 aliphatic rings. The van der Waals surface area contributed by atoms with Crippen molar-refractivity contribution in [2.24, 2.45) is 5.73 Å². The highest BCUT2D eigenvalue weighted by Crippen LogP contribution is 2.24. The minimum Gasteiger partial charge on any atom is -0.494 e. The first kappa shape index (κ1) is 29.0. The summed E-state index contributed by atoms with van der Waals surface area (Å²) < 4.78 is 45.7. The van der Waals surface area contributed by atoms with Crippen LogP contribution >= 0.6 is 0 Å². The largest absolute Gasteiger partial charge is 0.494 e. The molecule has 1 atom stereocenters. The molecule has 0 aromatic heterocycles. The van der Waals surface area contributed by atoms with E-state index in [0.717, 1.165) is 18.7 Å². The fraction of sp³-hybridized carbons (Fsp3) is 0.391. The maximum absolute atomic E-state index is 13.9. The van der Waals surface area contributed by atoms with E-state index in [9.17, 15) is 17.9 Å². The van der Waals surface area contributed by atoms with E-state index in [4.69, 9.17) is 25.8 Å². The van der Waals surface area contributed by atoms with Crippen LogP contribution in [-0.4, -0.2) is 92.1 Å². The van der Waals surface area contributed by atoms with Gasteiger partial charge in [0, 0.05) is 57.4 Å². The first-order chi connectivity index (χ1) is 16.9. The molecular formula is C23H32FN5O6S. The predicted molar refractivity (Wildman–Crippen MR) is 133 cm³/mol. The number of carbonyl (C=O) groups is 1. The number of piperazine rings is 1. The van der Waals surface area contributed by atoms with Crippen molar-refractivity contribution in [1.29, 1.82) is 5.41 Å². The highest BCUT2D eigenvalue weighted by molar-refractivity contribution is 7.89. The zero-order valence-electron chi connectivity index (χ0n) is 20.1. The van der Waals surface area contributed by atoms with Gasteiger partial charge in [-0.25, -0.2) is 12.8 Å². The summed E-state index contributed by atoms with van der Waals surface area (Å²) in [6, 6.07) is 10.6. The van der Waals surface area contributed by atoms with Crippen LogP contribution in [0.5, 0.6) is 5.75 Å². The average Bonchev–Trinajstić information content (AvgIpc) is 2.83. The Kier molecular flexibility index (Phi) is 10.6. The Morgan fingerprint density at radius 2 is 1.78 bits per heavy atom. The van der Waals surface area contributed by atoms with Crippen LogP contribution in [0.2, 0.25) is 0 Å². The molecule has 0 amide bonds. The fourth-order valence-electron chi connectivity index (χ4n) is 3.47. The van der Waals surface area contributed by atoms with Gasteiger partial charge in [-0.3, -0.25) is 15.1 Å². The quantitative estimate of drug-likeness (QED) is 0.237. The highest BCUT2D eigenvalue weighted by Gasteiger charge is 2.29. The van der Waals surface area contributed by atoms with Crippen LogP contribution in [0.4, 0.5) is 10.1 Å². The summed E-state index contributed by atoms with van der Waals surface area (Å²) in [5.41, 5.74) is 6.86. The van der Waals surface area contributed by atoms with Crippen molar-refractivity contribution in [1.82, 2.24) is 9.21 Å². The van der Waals surface area contributed by atoms with Crippen molar-refractivity contribution in [3.63, 3.8) is 0 Å². The number of nitrogen functional groups attached to an aromatic ring is 1. The van der Waals surface area contributed by atoms with E-state index >= 15 is 0 Å². The number of β-amino-alcohol motifs (C(OH)–C–C–N with tert-alkyl or cyclic N) is 1. The average molecular weight is 526 g/mol. The molecule has 0 radical (unpaired) electrons. The number of nitrogens with one attached hydrogen (secondary N) is 2. The number of hydrogen-bond acceptors (Lipinski definition) is 8. The monoisotopic (exact) mass is 525 g/mol. The van der Waals surface area contributed by atoms with Crippen LogP contribution in [0.3, 0.4) is 0 Å². The number of sulfonamides is 1. The fourth-order valence-corrected chi connectivity index (χ4v) is 4.91. The SMILES string of the molecule is CC(=O)O.COc1ccc(S(=O)(=O)N2CCN(CC(O)CNc3ccc(C(=N)N)cc3)CC2)cc1F. The van der Waals surface area contributed by atoms with Crippen molar-refractivity contribution >= 4 is 27.5 Å². The van der Waals surface area contributed by atoms with Gasteiger partial charge in [-0.05, 0) is 42.5 Å². The topological polar surface area (TPSA) is 169 Å². The Labute approximate surface area is 209 Å². The predicted octanol–water partition coefficient (Wildman–Crippen LogP) is 0.989. The van der Waals surface area contributed by atoms with Crippen LogP contribution in [0.1, 0.15) is 12.5 Å². The number of ether oxygens (including phenoxy) is 1. The summed E-state index contributed by atoms with van der Waals surface area (Å²) >= 11 is 0. The Balaban J connectivity index is 0.00000106. The first-order valence-electron chi connectivity index (χ1n) is 11.1. The minimum atomic E-state index is -3.81. The molecule has 1 aliphatic heterocycles. The van der Waals surface area contributed by atoms with Gasteiger partial charge >= 0.3 is 0 Å². The molecule has 0 spiro atoms. The lowest BCUT2D eigenvalue weighted by atomic mass is 10.2. The normalized spacial score (nSPS) is 15.3. The molecule has 13 heteroatoms. The Bertz CT molecular complexity index is 1130. The van der Waals surface area contributed by atoms with Gasteiger partial charge in [0.2, 0.25) is 10.0 Å². The second-order valence-electron chi connectivity index (χ2n) is 8.05. The van der Waals surface area contributed by atoms with Gasteiger partial charge in [-0.1, -0.05) is 0 Å². The molecule has 1 unspecified atom stereocenters. The number of hydrogen-bond donors (Lipinski definition) is 5. The van der Waals surface area contributed by atoms with Crippen LogP contribution < -0.4 is 15.8 Å². The van der Waals surface area contributed by atoms with E-state index in [-0.39, 0.29) is 29.6 Å². The van der Waals surface area contributed by atoms with Gasteiger partial charge < -0.3 is 26.0 Å². The molecule has 0 saturated carbocycles. The molecule has 6 N–H and O–H groups in total. The lowest BCUT2D eigenvalue weighted by Gasteiger charge is -2.35. The third kappa shape index (κ3) is 8.45. The number of nitrogens with zero attached hydrogens (tertiary/aromatic N) is 2. The van der Waals surface area contributed by atoms with Crippen LogP contribution in [0, 0.1) is 11.2 Å². The van der Waals surface area contributed by atoms with Crippen molar-refractivity contribution < 1.29 is 32.6 Å². The van der Waals surface area contributed by atoms with Gasteiger partial charge in [0.15, 0.2) is 11.6 Å². The third-order valence-electron chi connectivity index (χ3n) is 5.30. The Morgan fingerprint density at radius 3 is 2.28 bits per heavy atom. The molecule has 1 saturated heterocycles. The third-order valence-corrected chi connectivity index (χ3v) is 7.19. The highest BCUT2D eigenvalue weighted by atomic mass is 32.2. The van der Waals surface area contributed by atoms with E-state index in [2.05, 4.69) is 5.32 Å². The maximum Gasteiger partial charge on any atom is 0.300 e. The molecule has 2 aromatic carbocycles. The van der Waals surface area contributed by atoms with Gasteiger partial charge in [-0.2, -0.15) is 4.31 Å². The molecule has 36 heavy (non-hydrogen) atoms. The molecule has 0 bridgehead atoms. The Morgan fingerprint density at radius 1 is 1.19 bits per heavy atom. The number of nitrogens with two attached hydrogens (primary N) is 1. The number of benzene rings is 2. The van der Waals surface area contributed by atoms with Gasteiger partial charge in [0.05, 0.1) is 18.1 Å². The van der Waals surface area contributed by atoms with Crippen LogP contribution in [0.25, 0.3) is 0 Å². The molecule has 11 nitrogen and oxygen atoms in total. The van der Waals surface area contributed by atoms with E-state index in [1.807, 2.05) is 4.90 Å². The van der Waals surface area contributed by atoms with E-state index < -0.39 is 27.9 Å². The van der Waals surface area contributed by atoms with Gasteiger partial charge in [-0.15, -0.1) is 0 Å². The number of carboxylic acids is 1. The summed E-state index contributed by atoms with van der Waals surface area (Å²) in [6.07, 6.45) is -0.652.